The molecule has 0 aliphatic carbocycles. The third-order valence-corrected chi connectivity index (χ3v) is 4.50. The van der Waals surface area contributed by atoms with E-state index < -0.39 is 0 Å². The summed E-state index contributed by atoms with van der Waals surface area (Å²) < 4.78 is 16.5. The number of furan rings is 1. The standard InChI is InChI=1S/C17H16Cl3NO4/c18-10-6-13(19)16(14(20)7-10)24-9-12-3-4-15(25-12)17(22)21-8-11-2-1-5-23-11/h3-4,6-7,11H,1-2,5,8-9H2,(H,21,22). The molecule has 0 bridgehead atoms. The van der Waals surface area contributed by atoms with Gasteiger partial charge >= 0.3 is 0 Å². The van der Waals surface area contributed by atoms with Gasteiger partial charge in [-0.25, -0.2) is 0 Å². The molecule has 1 N–H and O–H groups in total. The molecule has 0 spiro atoms. The van der Waals surface area contributed by atoms with E-state index in [2.05, 4.69) is 5.32 Å². The normalized spacial score (nSPS) is 16.8. The van der Waals surface area contributed by atoms with Gasteiger partial charge in [0.05, 0.1) is 16.1 Å². The van der Waals surface area contributed by atoms with Gasteiger partial charge in [-0.05, 0) is 37.1 Å². The highest BCUT2D eigenvalue weighted by Gasteiger charge is 2.18. The molecular weight excluding hydrogens is 389 g/mol. The smallest absolute Gasteiger partial charge is 0.287 e. The number of carbonyl (C=O) groups is 1. The summed E-state index contributed by atoms with van der Waals surface area (Å²) in [5.41, 5.74) is 0. The van der Waals surface area contributed by atoms with Crippen molar-refractivity contribution in [3.63, 3.8) is 0 Å². The third-order valence-electron chi connectivity index (χ3n) is 3.72. The molecule has 134 valence electrons. The van der Waals surface area contributed by atoms with E-state index in [1.54, 1.807) is 12.1 Å². The molecule has 1 fully saturated rings. The monoisotopic (exact) mass is 403 g/mol. The molecule has 5 nitrogen and oxygen atoms in total. The van der Waals surface area contributed by atoms with Crippen molar-refractivity contribution in [2.75, 3.05) is 13.2 Å². The van der Waals surface area contributed by atoms with Crippen LogP contribution in [0.4, 0.5) is 0 Å². The Kier molecular flexibility index (Phi) is 6.12. The maximum atomic E-state index is 12.1. The molecule has 1 aromatic carbocycles. The number of benzene rings is 1. The van der Waals surface area contributed by atoms with Gasteiger partial charge in [0.15, 0.2) is 11.5 Å². The predicted molar refractivity (Wildman–Crippen MR) is 95.8 cm³/mol. The van der Waals surface area contributed by atoms with Crippen LogP contribution in [0, 0.1) is 0 Å². The van der Waals surface area contributed by atoms with Gasteiger partial charge in [0.2, 0.25) is 0 Å². The van der Waals surface area contributed by atoms with Crippen LogP contribution in [0.2, 0.25) is 15.1 Å². The zero-order valence-corrected chi connectivity index (χ0v) is 15.5. The van der Waals surface area contributed by atoms with Crippen LogP contribution in [0.3, 0.4) is 0 Å². The molecule has 1 saturated heterocycles. The fourth-order valence-electron chi connectivity index (χ4n) is 2.49. The minimum Gasteiger partial charge on any atom is -0.483 e. The number of carbonyl (C=O) groups excluding carboxylic acids is 1. The number of hydrogen-bond acceptors (Lipinski definition) is 4. The van der Waals surface area contributed by atoms with Crippen molar-refractivity contribution in [3.05, 3.63) is 50.9 Å². The first-order valence-corrected chi connectivity index (χ1v) is 8.92. The first kappa shape index (κ1) is 18.4. The zero-order chi connectivity index (χ0) is 17.8. The molecule has 1 aliphatic rings. The summed E-state index contributed by atoms with van der Waals surface area (Å²) in [6, 6.07) is 6.33. The third kappa shape index (κ3) is 4.82. The Morgan fingerprint density at radius 1 is 1.24 bits per heavy atom. The fourth-order valence-corrected chi connectivity index (χ4v) is 3.41. The van der Waals surface area contributed by atoms with Gasteiger partial charge < -0.3 is 19.2 Å². The number of ether oxygens (including phenoxy) is 2. The topological polar surface area (TPSA) is 60.7 Å². The SMILES string of the molecule is O=C(NCC1CCCO1)c1ccc(COc2c(Cl)cc(Cl)cc2Cl)o1. The Morgan fingerprint density at radius 2 is 2.00 bits per heavy atom. The largest absolute Gasteiger partial charge is 0.483 e. The van der Waals surface area contributed by atoms with E-state index >= 15 is 0 Å². The lowest BCUT2D eigenvalue weighted by Crippen LogP contribution is -2.31. The van der Waals surface area contributed by atoms with Gasteiger partial charge in [-0.3, -0.25) is 4.79 Å². The lowest BCUT2D eigenvalue weighted by atomic mass is 10.2. The van der Waals surface area contributed by atoms with Gasteiger partial charge in [0.25, 0.3) is 5.91 Å². The minimum atomic E-state index is -0.288. The summed E-state index contributed by atoms with van der Waals surface area (Å²) >= 11 is 18.0. The van der Waals surface area contributed by atoms with Crippen LogP contribution in [0.5, 0.6) is 5.75 Å². The minimum absolute atomic E-state index is 0.0795. The predicted octanol–water partition coefficient (Wildman–Crippen LogP) is 4.73. The molecule has 1 aromatic heterocycles. The van der Waals surface area contributed by atoms with Crippen molar-refractivity contribution >= 4 is 40.7 Å². The lowest BCUT2D eigenvalue weighted by molar-refractivity contribution is 0.0832. The highest BCUT2D eigenvalue weighted by atomic mass is 35.5. The van der Waals surface area contributed by atoms with Gasteiger partial charge in [0, 0.05) is 18.2 Å². The van der Waals surface area contributed by atoms with E-state index in [4.69, 9.17) is 48.7 Å². The van der Waals surface area contributed by atoms with Gasteiger partial charge in [0.1, 0.15) is 12.4 Å². The van der Waals surface area contributed by atoms with Gasteiger partial charge in [-0.15, -0.1) is 0 Å². The molecule has 8 heteroatoms. The molecule has 2 aromatic rings. The fraction of sp³-hybridized carbons (Fsp3) is 0.353. The van der Waals surface area contributed by atoms with E-state index in [-0.39, 0.29) is 24.4 Å². The highest BCUT2D eigenvalue weighted by Crippen LogP contribution is 2.36. The van der Waals surface area contributed by atoms with Crippen LogP contribution >= 0.6 is 34.8 Å². The second-order valence-electron chi connectivity index (χ2n) is 5.60. The Bertz CT molecular complexity index is 733. The van der Waals surface area contributed by atoms with Crippen LogP contribution in [-0.2, 0) is 11.3 Å². The van der Waals surface area contributed by atoms with E-state index in [1.807, 2.05) is 0 Å². The van der Waals surface area contributed by atoms with Crippen molar-refractivity contribution in [1.82, 2.24) is 5.32 Å². The maximum absolute atomic E-state index is 12.1. The van der Waals surface area contributed by atoms with E-state index in [0.717, 1.165) is 19.4 Å². The van der Waals surface area contributed by atoms with Crippen molar-refractivity contribution < 1.29 is 18.7 Å². The first-order valence-electron chi connectivity index (χ1n) is 7.79. The number of hydrogen-bond donors (Lipinski definition) is 1. The molecule has 1 unspecified atom stereocenters. The summed E-state index contributed by atoms with van der Waals surface area (Å²) in [6.07, 6.45) is 2.06. The van der Waals surface area contributed by atoms with Gasteiger partial charge in [-0.1, -0.05) is 34.8 Å². The molecule has 1 atom stereocenters. The van der Waals surface area contributed by atoms with Crippen molar-refractivity contribution in [1.29, 1.82) is 0 Å². The molecule has 0 saturated carbocycles. The molecule has 2 heterocycles. The summed E-state index contributed by atoms with van der Waals surface area (Å²) in [5, 5.41) is 3.83. The molecule has 1 amide bonds. The summed E-state index contributed by atoms with van der Waals surface area (Å²) in [6.45, 7) is 1.31. The van der Waals surface area contributed by atoms with Crippen molar-refractivity contribution in [2.24, 2.45) is 0 Å². The molecular formula is C17H16Cl3NO4. The summed E-state index contributed by atoms with van der Waals surface area (Å²) in [5.74, 6) is 0.715. The Morgan fingerprint density at radius 3 is 2.68 bits per heavy atom. The molecule has 3 rings (SSSR count). The van der Waals surface area contributed by atoms with Gasteiger partial charge in [-0.2, -0.15) is 0 Å². The summed E-state index contributed by atoms with van der Waals surface area (Å²) in [4.78, 5) is 12.1. The average molecular weight is 405 g/mol. The number of nitrogens with one attached hydrogen (secondary N) is 1. The lowest BCUT2D eigenvalue weighted by Gasteiger charge is -2.10. The van der Waals surface area contributed by atoms with Crippen molar-refractivity contribution in [2.45, 2.75) is 25.6 Å². The number of halogens is 3. The zero-order valence-electron chi connectivity index (χ0n) is 13.2. The van der Waals surface area contributed by atoms with Crippen LogP contribution in [-0.4, -0.2) is 25.2 Å². The van der Waals surface area contributed by atoms with Crippen LogP contribution in [0.1, 0.15) is 29.2 Å². The molecule has 1 aliphatic heterocycles. The second kappa shape index (κ2) is 8.32. The molecule has 25 heavy (non-hydrogen) atoms. The number of amides is 1. The van der Waals surface area contributed by atoms with E-state index in [9.17, 15) is 4.79 Å². The first-order chi connectivity index (χ1) is 12.0. The molecule has 0 radical (unpaired) electrons. The van der Waals surface area contributed by atoms with E-state index in [0.29, 0.717) is 33.1 Å². The maximum Gasteiger partial charge on any atom is 0.287 e. The van der Waals surface area contributed by atoms with Crippen LogP contribution in [0.25, 0.3) is 0 Å². The quantitative estimate of drug-likeness (QED) is 0.756. The van der Waals surface area contributed by atoms with Crippen molar-refractivity contribution in [3.8, 4) is 5.75 Å². The average Bonchev–Trinajstić information content (AvgIpc) is 3.23. The van der Waals surface area contributed by atoms with Crippen LogP contribution < -0.4 is 10.1 Å². The summed E-state index contributed by atoms with van der Waals surface area (Å²) in [7, 11) is 0. The Balaban J connectivity index is 1.55. The Labute approximate surface area is 160 Å². The Hall–Kier alpha value is -1.40. The second-order valence-corrected chi connectivity index (χ2v) is 6.85. The van der Waals surface area contributed by atoms with Crippen LogP contribution in [0.15, 0.2) is 28.7 Å². The van der Waals surface area contributed by atoms with E-state index in [1.165, 1.54) is 12.1 Å². The highest BCUT2D eigenvalue weighted by molar-refractivity contribution is 6.40. The number of rotatable bonds is 6.